The van der Waals surface area contributed by atoms with Crippen molar-refractivity contribution in [3.8, 4) is 0 Å². The molecule has 0 amide bonds. The summed E-state index contributed by atoms with van der Waals surface area (Å²) in [6.45, 7) is 15.0. The van der Waals surface area contributed by atoms with Gasteiger partial charge in [-0.05, 0) is 19.1 Å². The summed E-state index contributed by atoms with van der Waals surface area (Å²) in [6, 6.07) is 3.51. The van der Waals surface area contributed by atoms with Crippen molar-refractivity contribution >= 4 is 11.6 Å². The lowest BCUT2D eigenvalue weighted by Crippen LogP contribution is -2.15. The van der Waals surface area contributed by atoms with E-state index in [1.807, 2.05) is 34.6 Å². The second kappa shape index (κ2) is 18.8. The lowest BCUT2D eigenvalue weighted by molar-refractivity contribution is 0.000609. The number of carbonyl (C=O) groups excluding carboxylic acids is 1. The van der Waals surface area contributed by atoms with Crippen LogP contribution in [0.3, 0.4) is 0 Å². The lowest BCUT2D eigenvalue weighted by atomic mass is 10.0. The minimum absolute atomic E-state index is 0. The van der Waals surface area contributed by atoms with Crippen molar-refractivity contribution in [1.82, 2.24) is 4.98 Å². The standard InChI is InChI=1S/C19H32N2O5.C2H6.H2/c1-4-23-9-10-25-13-14-26-12-11-24-8-7-21-18-15-17(5-6-20-18)19(22)16(2)3;1-2;/h5-6,15-16H,4,7-14H2,1-3H3,(H,20,21);1-2H3;1H. The van der Waals surface area contributed by atoms with Crippen LogP contribution in [-0.4, -0.2) is 70.2 Å². The molecule has 0 aliphatic heterocycles. The zero-order valence-corrected chi connectivity index (χ0v) is 18.2. The number of nitrogens with zero attached hydrogens (tertiary/aromatic N) is 1. The normalized spacial score (nSPS) is 10.5. The van der Waals surface area contributed by atoms with Gasteiger partial charge in [0.05, 0.1) is 46.2 Å². The quantitative estimate of drug-likeness (QED) is 0.335. The number of hydrogen-bond acceptors (Lipinski definition) is 7. The van der Waals surface area contributed by atoms with Crippen LogP contribution >= 0.6 is 0 Å². The maximum Gasteiger partial charge on any atom is 0.165 e. The van der Waals surface area contributed by atoms with E-state index in [2.05, 4.69) is 10.3 Å². The molecule has 0 spiro atoms. The number of ketones is 1. The molecule has 0 aromatic carbocycles. The molecular formula is C21H40N2O5. The fraction of sp³-hybridized carbons (Fsp3) is 0.714. The number of ether oxygens (including phenoxy) is 4. The Morgan fingerprint density at radius 3 is 2.07 bits per heavy atom. The van der Waals surface area contributed by atoms with Crippen LogP contribution in [0.2, 0.25) is 0 Å². The smallest absolute Gasteiger partial charge is 0.165 e. The monoisotopic (exact) mass is 400 g/mol. The summed E-state index contributed by atoms with van der Waals surface area (Å²) in [6.07, 6.45) is 1.64. The molecule has 0 aliphatic rings. The summed E-state index contributed by atoms with van der Waals surface area (Å²) in [5.41, 5.74) is 0.676. The van der Waals surface area contributed by atoms with E-state index in [4.69, 9.17) is 18.9 Å². The highest BCUT2D eigenvalue weighted by molar-refractivity contribution is 5.97. The van der Waals surface area contributed by atoms with Crippen molar-refractivity contribution in [2.24, 2.45) is 5.92 Å². The number of carbonyl (C=O) groups is 1. The van der Waals surface area contributed by atoms with Gasteiger partial charge in [-0.25, -0.2) is 4.98 Å². The largest absolute Gasteiger partial charge is 0.379 e. The summed E-state index contributed by atoms with van der Waals surface area (Å²) in [4.78, 5) is 16.2. The fourth-order valence-electron chi connectivity index (χ4n) is 2.07. The molecule has 0 atom stereocenters. The van der Waals surface area contributed by atoms with Crippen LogP contribution in [0.5, 0.6) is 0 Å². The van der Waals surface area contributed by atoms with Gasteiger partial charge in [-0.1, -0.05) is 27.7 Å². The van der Waals surface area contributed by atoms with E-state index in [1.54, 1.807) is 18.3 Å². The van der Waals surface area contributed by atoms with E-state index in [-0.39, 0.29) is 13.1 Å². The molecule has 1 rings (SSSR count). The van der Waals surface area contributed by atoms with E-state index in [1.165, 1.54) is 0 Å². The highest BCUT2D eigenvalue weighted by Crippen LogP contribution is 2.11. The van der Waals surface area contributed by atoms with Crippen molar-refractivity contribution in [3.63, 3.8) is 0 Å². The Labute approximate surface area is 171 Å². The molecule has 1 aromatic rings. The molecule has 0 fully saturated rings. The van der Waals surface area contributed by atoms with Gasteiger partial charge in [-0.3, -0.25) is 4.79 Å². The third-order valence-corrected chi connectivity index (χ3v) is 3.44. The Morgan fingerprint density at radius 2 is 1.54 bits per heavy atom. The van der Waals surface area contributed by atoms with Gasteiger partial charge in [0, 0.05) is 32.3 Å². The highest BCUT2D eigenvalue weighted by Gasteiger charge is 2.10. The second-order valence-corrected chi connectivity index (χ2v) is 5.91. The molecule has 7 nitrogen and oxygen atoms in total. The van der Waals surface area contributed by atoms with E-state index in [0.717, 1.165) is 0 Å². The van der Waals surface area contributed by atoms with Gasteiger partial charge in [0.15, 0.2) is 5.78 Å². The molecule has 7 heteroatoms. The second-order valence-electron chi connectivity index (χ2n) is 5.91. The molecule has 1 aromatic heterocycles. The topological polar surface area (TPSA) is 78.9 Å². The van der Waals surface area contributed by atoms with Gasteiger partial charge in [0.2, 0.25) is 0 Å². The molecule has 0 radical (unpaired) electrons. The molecule has 1 heterocycles. The molecule has 0 bridgehead atoms. The molecule has 164 valence electrons. The van der Waals surface area contributed by atoms with Crippen LogP contribution in [-0.2, 0) is 18.9 Å². The maximum absolute atomic E-state index is 12.0. The molecular weight excluding hydrogens is 360 g/mol. The number of nitrogens with one attached hydrogen (secondary N) is 1. The highest BCUT2D eigenvalue weighted by atomic mass is 16.6. The number of pyridine rings is 1. The molecule has 0 saturated carbocycles. The molecule has 0 unspecified atom stereocenters. The fourth-order valence-corrected chi connectivity index (χ4v) is 2.07. The van der Waals surface area contributed by atoms with Crippen molar-refractivity contribution < 1.29 is 25.2 Å². The molecule has 0 aliphatic carbocycles. The van der Waals surface area contributed by atoms with Gasteiger partial charge < -0.3 is 24.3 Å². The minimum atomic E-state index is -0.0244. The van der Waals surface area contributed by atoms with Crippen LogP contribution in [0.25, 0.3) is 0 Å². The third kappa shape index (κ3) is 13.6. The van der Waals surface area contributed by atoms with Gasteiger partial charge in [-0.15, -0.1) is 0 Å². The molecule has 1 N–H and O–H groups in total. The van der Waals surface area contributed by atoms with Crippen LogP contribution in [0.15, 0.2) is 18.3 Å². The summed E-state index contributed by atoms with van der Waals surface area (Å²) in [5.74, 6) is 0.773. The number of aromatic nitrogens is 1. The van der Waals surface area contributed by atoms with Crippen LogP contribution in [0, 0.1) is 5.92 Å². The minimum Gasteiger partial charge on any atom is -0.379 e. The first-order chi connectivity index (χ1) is 13.6. The summed E-state index contributed by atoms with van der Waals surface area (Å²) in [7, 11) is 0. The average Bonchev–Trinajstić information content (AvgIpc) is 2.72. The number of hydrogen-bond donors (Lipinski definition) is 1. The Bertz CT molecular complexity index is 504. The van der Waals surface area contributed by atoms with Crippen LogP contribution in [0.1, 0.15) is 46.4 Å². The zero-order valence-electron chi connectivity index (χ0n) is 18.2. The van der Waals surface area contributed by atoms with E-state index >= 15 is 0 Å². The van der Waals surface area contributed by atoms with Gasteiger partial charge in [-0.2, -0.15) is 0 Å². The summed E-state index contributed by atoms with van der Waals surface area (Å²) < 4.78 is 21.4. The number of Topliss-reactive ketones (excluding diaryl/α,β-unsaturated/α-hetero) is 1. The Kier molecular flexibility index (Phi) is 17.8. The Morgan fingerprint density at radius 1 is 1.00 bits per heavy atom. The number of rotatable bonds is 16. The first-order valence-electron chi connectivity index (χ1n) is 10.2. The summed E-state index contributed by atoms with van der Waals surface area (Å²) in [5, 5.41) is 3.15. The number of anilines is 1. The van der Waals surface area contributed by atoms with E-state index in [0.29, 0.717) is 70.8 Å². The van der Waals surface area contributed by atoms with E-state index < -0.39 is 0 Å². The first kappa shape index (κ1) is 26.5. The van der Waals surface area contributed by atoms with Gasteiger partial charge >= 0.3 is 0 Å². The molecule has 28 heavy (non-hydrogen) atoms. The first-order valence-corrected chi connectivity index (χ1v) is 10.2. The third-order valence-electron chi connectivity index (χ3n) is 3.44. The van der Waals surface area contributed by atoms with Crippen molar-refractivity contribution in [2.45, 2.75) is 34.6 Å². The zero-order chi connectivity index (χ0) is 21.0. The van der Waals surface area contributed by atoms with Gasteiger partial charge in [0.1, 0.15) is 5.82 Å². The van der Waals surface area contributed by atoms with Gasteiger partial charge in [0.25, 0.3) is 0 Å². The van der Waals surface area contributed by atoms with Crippen LogP contribution in [0.4, 0.5) is 5.82 Å². The van der Waals surface area contributed by atoms with E-state index in [9.17, 15) is 4.79 Å². The van der Waals surface area contributed by atoms with Crippen molar-refractivity contribution in [1.29, 1.82) is 0 Å². The predicted octanol–water partition coefficient (Wildman–Crippen LogP) is 3.69. The maximum atomic E-state index is 12.0. The van der Waals surface area contributed by atoms with Crippen LogP contribution < -0.4 is 5.32 Å². The Hall–Kier alpha value is -1.54. The predicted molar refractivity (Wildman–Crippen MR) is 114 cm³/mol. The Balaban J connectivity index is 0. The average molecular weight is 401 g/mol. The lowest BCUT2D eigenvalue weighted by Gasteiger charge is -2.09. The van der Waals surface area contributed by atoms with Crippen molar-refractivity contribution in [3.05, 3.63) is 23.9 Å². The molecule has 0 saturated heterocycles. The summed E-state index contributed by atoms with van der Waals surface area (Å²) >= 11 is 0. The SMILES string of the molecule is CC.CCOCCOCCOCCOCCNc1cc(C(=O)C(C)C)ccn1.[HH]. The van der Waals surface area contributed by atoms with Crippen molar-refractivity contribution in [2.75, 3.05) is 64.7 Å².